The summed E-state index contributed by atoms with van der Waals surface area (Å²) in [5.41, 5.74) is 2.04. The highest BCUT2D eigenvalue weighted by atomic mass is 79.9. The summed E-state index contributed by atoms with van der Waals surface area (Å²) in [6.07, 6.45) is 1.43. The number of para-hydroxylation sites is 1. The van der Waals surface area contributed by atoms with Crippen LogP contribution in [-0.4, -0.2) is 44.6 Å². The Kier molecular flexibility index (Phi) is 7.31. The van der Waals surface area contributed by atoms with E-state index in [0.29, 0.717) is 19.0 Å². The SMILES string of the molecule is CN=C(NCCC(=O)Nc1ccc(Br)cc1)NC1CCN(c2ccccc2)C1. The topological polar surface area (TPSA) is 68.8 Å². The number of hydrogen-bond acceptors (Lipinski definition) is 3. The Morgan fingerprint density at radius 3 is 2.64 bits per heavy atom. The van der Waals surface area contributed by atoms with Gasteiger partial charge >= 0.3 is 0 Å². The maximum atomic E-state index is 12.1. The monoisotopic (exact) mass is 443 g/mol. The second-order valence-electron chi connectivity index (χ2n) is 6.72. The molecule has 0 aliphatic carbocycles. The second-order valence-corrected chi connectivity index (χ2v) is 7.63. The fourth-order valence-electron chi connectivity index (χ4n) is 3.19. The molecule has 148 valence electrons. The highest BCUT2D eigenvalue weighted by molar-refractivity contribution is 9.10. The van der Waals surface area contributed by atoms with E-state index in [4.69, 9.17) is 0 Å². The minimum Gasteiger partial charge on any atom is -0.369 e. The summed E-state index contributed by atoms with van der Waals surface area (Å²) in [7, 11) is 1.75. The Hall–Kier alpha value is -2.54. The maximum Gasteiger partial charge on any atom is 0.226 e. The summed E-state index contributed by atoms with van der Waals surface area (Å²) in [6.45, 7) is 2.49. The standard InChI is InChI=1S/C21H26BrN5O/c1-23-21(24-13-11-20(28)25-17-9-7-16(22)8-10-17)26-18-12-14-27(15-18)19-5-3-2-4-6-19/h2-10,18H,11-15H2,1H3,(H,25,28)(H2,23,24,26). The molecule has 28 heavy (non-hydrogen) atoms. The van der Waals surface area contributed by atoms with Gasteiger partial charge in [-0.2, -0.15) is 0 Å². The molecule has 1 saturated heterocycles. The summed E-state index contributed by atoms with van der Waals surface area (Å²) in [4.78, 5) is 18.7. The summed E-state index contributed by atoms with van der Waals surface area (Å²) in [5, 5.41) is 9.58. The molecule has 1 aliphatic rings. The van der Waals surface area contributed by atoms with Crippen LogP contribution in [0.3, 0.4) is 0 Å². The summed E-state index contributed by atoms with van der Waals surface area (Å²) < 4.78 is 0.986. The molecule has 1 amide bonds. The molecule has 0 radical (unpaired) electrons. The molecule has 3 rings (SSSR count). The van der Waals surface area contributed by atoms with Gasteiger partial charge in [-0.3, -0.25) is 9.79 Å². The molecule has 6 nitrogen and oxygen atoms in total. The lowest BCUT2D eigenvalue weighted by Gasteiger charge is -2.20. The van der Waals surface area contributed by atoms with Gasteiger partial charge in [0.25, 0.3) is 0 Å². The van der Waals surface area contributed by atoms with Gasteiger partial charge in [-0.15, -0.1) is 0 Å². The van der Waals surface area contributed by atoms with E-state index in [0.717, 1.165) is 35.6 Å². The van der Waals surface area contributed by atoms with E-state index in [1.807, 2.05) is 30.3 Å². The van der Waals surface area contributed by atoms with Gasteiger partial charge < -0.3 is 20.9 Å². The quantitative estimate of drug-likeness (QED) is 0.473. The Bertz CT molecular complexity index is 794. The van der Waals surface area contributed by atoms with Gasteiger partial charge in [0.1, 0.15) is 0 Å². The fraction of sp³-hybridized carbons (Fsp3) is 0.333. The van der Waals surface area contributed by atoms with Crippen LogP contribution in [0.25, 0.3) is 0 Å². The van der Waals surface area contributed by atoms with Crippen molar-refractivity contribution in [3.63, 3.8) is 0 Å². The minimum atomic E-state index is -0.0265. The summed E-state index contributed by atoms with van der Waals surface area (Å²) >= 11 is 3.38. The normalized spacial score (nSPS) is 16.7. The maximum absolute atomic E-state index is 12.1. The van der Waals surface area contributed by atoms with E-state index in [9.17, 15) is 4.79 Å². The zero-order chi connectivity index (χ0) is 19.8. The Labute approximate surface area is 174 Å². The molecule has 2 aromatic carbocycles. The third-order valence-electron chi connectivity index (χ3n) is 4.65. The van der Waals surface area contributed by atoms with E-state index in [2.05, 4.69) is 66.0 Å². The molecule has 1 heterocycles. The van der Waals surface area contributed by atoms with E-state index in [1.165, 1.54) is 5.69 Å². The number of guanidine groups is 1. The minimum absolute atomic E-state index is 0.0265. The second kappa shape index (κ2) is 10.1. The van der Waals surface area contributed by atoms with E-state index in [1.54, 1.807) is 7.05 Å². The van der Waals surface area contributed by atoms with Crippen LogP contribution in [0.4, 0.5) is 11.4 Å². The third kappa shape index (κ3) is 5.99. The molecule has 3 N–H and O–H groups in total. The van der Waals surface area contributed by atoms with Crippen LogP contribution in [-0.2, 0) is 4.79 Å². The van der Waals surface area contributed by atoms with Gasteiger partial charge in [0.2, 0.25) is 5.91 Å². The highest BCUT2D eigenvalue weighted by Crippen LogP contribution is 2.19. The number of carbonyl (C=O) groups is 1. The predicted octanol–water partition coefficient (Wildman–Crippen LogP) is 3.22. The molecular weight excluding hydrogens is 418 g/mol. The molecular formula is C21H26BrN5O. The number of anilines is 2. The van der Waals surface area contributed by atoms with Gasteiger partial charge in [-0.05, 0) is 42.8 Å². The first-order valence-corrected chi connectivity index (χ1v) is 10.3. The molecule has 1 unspecified atom stereocenters. The van der Waals surface area contributed by atoms with Crippen LogP contribution in [0.2, 0.25) is 0 Å². The van der Waals surface area contributed by atoms with E-state index >= 15 is 0 Å². The first-order valence-electron chi connectivity index (χ1n) is 9.46. The van der Waals surface area contributed by atoms with Crippen LogP contribution < -0.4 is 20.9 Å². The molecule has 7 heteroatoms. The smallest absolute Gasteiger partial charge is 0.226 e. The number of rotatable bonds is 6. The number of nitrogens with zero attached hydrogens (tertiary/aromatic N) is 2. The first kappa shape index (κ1) is 20.2. The van der Waals surface area contributed by atoms with Crippen molar-refractivity contribution in [2.24, 2.45) is 4.99 Å². The molecule has 1 aliphatic heterocycles. The van der Waals surface area contributed by atoms with Gasteiger partial charge in [0.15, 0.2) is 5.96 Å². The van der Waals surface area contributed by atoms with Crippen molar-refractivity contribution in [2.75, 3.05) is 36.9 Å². The number of carbonyl (C=O) groups excluding carboxylic acids is 1. The van der Waals surface area contributed by atoms with Gasteiger partial charge in [0, 0.05) is 55.0 Å². The third-order valence-corrected chi connectivity index (χ3v) is 5.18. The zero-order valence-corrected chi connectivity index (χ0v) is 17.6. The number of hydrogen-bond donors (Lipinski definition) is 3. The number of benzene rings is 2. The van der Waals surface area contributed by atoms with Crippen LogP contribution in [0, 0.1) is 0 Å². The Balaban J connectivity index is 1.39. The average Bonchev–Trinajstić information content (AvgIpc) is 3.18. The van der Waals surface area contributed by atoms with Gasteiger partial charge in [-0.25, -0.2) is 0 Å². The average molecular weight is 444 g/mol. The molecule has 0 aromatic heterocycles. The molecule has 1 atom stereocenters. The van der Waals surface area contributed by atoms with Crippen LogP contribution in [0.1, 0.15) is 12.8 Å². The van der Waals surface area contributed by atoms with Crippen molar-refractivity contribution in [1.82, 2.24) is 10.6 Å². The van der Waals surface area contributed by atoms with Gasteiger partial charge in [-0.1, -0.05) is 34.1 Å². The molecule has 2 aromatic rings. The van der Waals surface area contributed by atoms with Crippen molar-refractivity contribution in [3.05, 3.63) is 59.1 Å². The number of halogens is 1. The largest absolute Gasteiger partial charge is 0.369 e. The molecule has 1 fully saturated rings. The Morgan fingerprint density at radius 2 is 1.93 bits per heavy atom. The molecule has 0 spiro atoms. The van der Waals surface area contributed by atoms with Crippen molar-refractivity contribution in [3.8, 4) is 0 Å². The zero-order valence-electron chi connectivity index (χ0n) is 16.0. The highest BCUT2D eigenvalue weighted by Gasteiger charge is 2.23. The summed E-state index contributed by atoms with van der Waals surface area (Å²) in [5.74, 6) is 0.706. The number of aliphatic imine (C=N–C) groups is 1. The first-order chi connectivity index (χ1) is 13.6. The van der Waals surface area contributed by atoms with Crippen LogP contribution >= 0.6 is 15.9 Å². The van der Waals surface area contributed by atoms with Crippen molar-refractivity contribution < 1.29 is 4.79 Å². The number of nitrogens with one attached hydrogen (secondary N) is 3. The number of amides is 1. The molecule has 0 bridgehead atoms. The van der Waals surface area contributed by atoms with Crippen molar-refractivity contribution in [2.45, 2.75) is 18.9 Å². The lowest BCUT2D eigenvalue weighted by atomic mass is 10.2. The predicted molar refractivity (Wildman–Crippen MR) is 119 cm³/mol. The summed E-state index contributed by atoms with van der Waals surface area (Å²) in [6, 6.07) is 18.3. The van der Waals surface area contributed by atoms with Crippen LogP contribution in [0.15, 0.2) is 64.1 Å². The lowest BCUT2D eigenvalue weighted by molar-refractivity contribution is -0.116. The van der Waals surface area contributed by atoms with E-state index in [-0.39, 0.29) is 5.91 Å². The van der Waals surface area contributed by atoms with Crippen molar-refractivity contribution in [1.29, 1.82) is 0 Å². The van der Waals surface area contributed by atoms with Crippen LogP contribution in [0.5, 0.6) is 0 Å². The van der Waals surface area contributed by atoms with Gasteiger partial charge in [0.05, 0.1) is 0 Å². The van der Waals surface area contributed by atoms with Crippen molar-refractivity contribution >= 4 is 39.2 Å². The molecule has 0 saturated carbocycles. The van der Waals surface area contributed by atoms with E-state index < -0.39 is 0 Å². The lowest BCUT2D eigenvalue weighted by Crippen LogP contribution is -2.45. The fourth-order valence-corrected chi connectivity index (χ4v) is 3.45. The Morgan fingerprint density at radius 1 is 1.18 bits per heavy atom.